The molecule has 1 aromatic carbocycles. The maximum atomic E-state index is 11.0. The first-order valence-corrected chi connectivity index (χ1v) is 5.56. The Morgan fingerprint density at radius 3 is 2.50 bits per heavy atom. The highest BCUT2D eigenvalue weighted by Gasteiger charge is 2.30. The Morgan fingerprint density at radius 2 is 2.00 bits per heavy atom. The van der Waals surface area contributed by atoms with E-state index in [1.165, 1.54) is 5.56 Å². The van der Waals surface area contributed by atoms with Gasteiger partial charge in [-0.2, -0.15) is 0 Å². The summed E-state index contributed by atoms with van der Waals surface area (Å²) < 4.78 is 0. The van der Waals surface area contributed by atoms with E-state index >= 15 is 0 Å². The van der Waals surface area contributed by atoms with Crippen LogP contribution in [0.15, 0.2) is 30.3 Å². The number of hydrogen-bond acceptors (Lipinski definition) is 2. The third kappa shape index (κ3) is 3.35. The molecule has 3 heteroatoms. The number of aryl methyl sites for hydroxylation is 1. The molecule has 0 saturated carbocycles. The van der Waals surface area contributed by atoms with E-state index in [9.17, 15) is 4.79 Å². The van der Waals surface area contributed by atoms with Crippen LogP contribution in [-0.4, -0.2) is 17.6 Å². The lowest BCUT2D eigenvalue weighted by atomic mass is 9.84. The fraction of sp³-hybridized carbons (Fsp3) is 0.462. The van der Waals surface area contributed by atoms with Crippen molar-refractivity contribution in [3.8, 4) is 0 Å². The Balaban J connectivity index is 2.43. The van der Waals surface area contributed by atoms with E-state index in [4.69, 9.17) is 10.8 Å². The molecule has 1 aromatic rings. The third-order valence-corrected chi connectivity index (χ3v) is 3.00. The van der Waals surface area contributed by atoms with Gasteiger partial charge in [-0.1, -0.05) is 30.3 Å². The molecule has 3 N–H and O–H groups in total. The molecule has 0 spiro atoms. The molecule has 0 aliphatic carbocycles. The first kappa shape index (κ1) is 12.7. The molecular weight excluding hydrogens is 202 g/mol. The number of rotatable bonds is 6. The number of aliphatic carboxylic acids is 1. The number of hydrogen-bond donors (Lipinski definition) is 2. The summed E-state index contributed by atoms with van der Waals surface area (Å²) >= 11 is 0. The van der Waals surface area contributed by atoms with Crippen molar-refractivity contribution in [1.29, 1.82) is 0 Å². The zero-order valence-electron chi connectivity index (χ0n) is 9.65. The number of carboxylic acid groups (broad SMARTS) is 1. The molecule has 0 heterocycles. The number of carbonyl (C=O) groups is 1. The van der Waals surface area contributed by atoms with Crippen molar-refractivity contribution in [1.82, 2.24) is 0 Å². The number of benzene rings is 1. The highest BCUT2D eigenvalue weighted by atomic mass is 16.4. The summed E-state index contributed by atoms with van der Waals surface area (Å²) in [6, 6.07) is 10.1. The van der Waals surface area contributed by atoms with Gasteiger partial charge in [-0.05, 0) is 31.7 Å². The molecule has 0 aliphatic rings. The maximum Gasteiger partial charge on any atom is 0.310 e. The van der Waals surface area contributed by atoms with E-state index in [-0.39, 0.29) is 6.54 Å². The van der Waals surface area contributed by atoms with Gasteiger partial charge in [0.2, 0.25) is 0 Å². The number of nitrogens with two attached hydrogens (primary N) is 1. The quantitative estimate of drug-likeness (QED) is 0.772. The Bertz CT molecular complexity index is 337. The second kappa shape index (κ2) is 5.66. The van der Waals surface area contributed by atoms with Gasteiger partial charge in [0.1, 0.15) is 0 Å². The largest absolute Gasteiger partial charge is 0.481 e. The van der Waals surface area contributed by atoms with Gasteiger partial charge in [0.05, 0.1) is 5.41 Å². The van der Waals surface area contributed by atoms with Gasteiger partial charge in [-0.3, -0.25) is 4.79 Å². The van der Waals surface area contributed by atoms with Gasteiger partial charge < -0.3 is 10.8 Å². The van der Waals surface area contributed by atoms with Crippen molar-refractivity contribution in [3.05, 3.63) is 35.9 Å². The Hall–Kier alpha value is -1.35. The second-order valence-electron chi connectivity index (χ2n) is 4.41. The van der Waals surface area contributed by atoms with Gasteiger partial charge in [-0.15, -0.1) is 0 Å². The van der Waals surface area contributed by atoms with E-state index in [0.717, 1.165) is 12.8 Å². The molecule has 1 unspecified atom stereocenters. The molecule has 3 nitrogen and oxygen atoms in total. The molecule has 0 aromatic heterocycles. The molecule has 1 atom stereocenters. The first-order valence-electron chi connectivity index (χ1n) is 5.56. The van der Waals surface area contributed by atoms with Crippen LogP contribution in [-0.2, 0) is 11.2 Å². The van der Waals surface area contributed by atoms with Crippen molar-refractivity contribution < 1.29 is 9.90 Å². The van der Waals surface area contributed by atoms with Crippen molar-refractivity contribution in [2.24, 2.45) is 11.1 Å². The summed E-state index contributed by atoms with van der Waals surface area (Å²) in [7, 11) is 0. The van der Waals surface area contributed by atoms with Crippen LogP contribution < -0.4 is 5.73 Å². The molecule has 0 fully saturated rings. The minimum Gasteiger partial charge on any atom is -0.481 e. The second-order valence-corrected chi connectivity index (χ2v) is 4.41. The average Bonchev–Trinajstić information content (AvgIpc) is 2.30. The smallest absolute Gasteiger partial charge is 0.310 e. The van der Waals surface area contributed by atoms with E-state index < -0.39 is 11.4 Å². The zero-order chi connectivity index (χ0) is 12.0. The molecule has 16 heavy (non-hydrogen) atoms. The standard InChI is InChI=1S/C13H19NO2/c1-13(10-14,12(15)16)9-5-8-11-6-3-2-4-7-11/h2-4,6-7H,5,8-10,14H2,1H3,(H,15,16). The lowest BCUT2D eigenvalue weighted by Gasteiger charge is -2.22. The van der Waals surface area contributed by atoms with Crippen LogP contribution in [0.3, 0.4) is 0 Å². The Kier molecular flexibility index (Phi) is 4.50. The lowest BCUT2D eigenvalue weighted by Crippen LogP contribution is -2.35. The van der Waals surface area contributed by atoms with E-state index in [0.29, 0.717) is 6.42 Å². The molecule has 0 amide bonds. The topological polar surface area (TPSA) is 63.3 Å². The monoisotopic (exact) mass is 221 g/mol. The Labute approximate surface area is 96.3 Å². The molecule has 1 rings (SSSR count). The van der Waals surface area contributed by atoms with Crippen LogP contribution in [0.25, 0.3) is 0 Å². The molecule has 0 aliphatic heterocycles. The minimum absolute atomic E-state index is 0.192. The summed E-state index contributed by atoms with van der Waals surface area (Å²) in [5, 5.41) is 9.05. The van der Waals surface area contributed by atoms with Gasteiger partial charge in [0, 0.05) is 6.54 Å². The highest BCUT2D eigenvalue weighted by Crippen LogP contribution is 2.23. The number of carboxylic acids is 1. The molecular formula is C13H19NO2. The third-order valence-electron chi connectivity index (χ3n) is 3.00. The van der Waals surface area contributed by atoms with Crippen LogP contribution in [0.1, 0.15) is 25.3 Å². The van der Waals surface area contributed by atoms with Gasteiger partial charge in [0.25, 0.3) is 0 Å². The average molecular weight is 221 g/mol. The molecule has 88 valence electrons. The van der Waals surface area contributed by atoms with Crippen LogP contribution in [0.4, 0.5) is 0 Å². The predicted octanol–water partition coefficient (Wildman–Crippen LogP) is 2.06. The van der Waals surface area contributed by atoms with E-state index in [1.54, 1.807) is 6.92 Å². The summed E-state index contributed by atoms with van der Waals surface area (Å²) in [5.74, 6) is -0.803. The highest BCUT2D eigenvalue weighted by molar-refractivity contribution is 5.74. The Morgan fingerprint density at radius 1 is 1.38 bits per heavy atom. The van der Waals surface area contributed by atoms with Crippen molar-refractivity contribution in [2.75, 3.05) is 6.54 Å². The predicted molar refractivity (Wildman–Crippen MR) is 64.2 cm³/mol. The normalized spacial score (nSPS) is 14.4. The summed E-state index contributed by atoms with van der Waals surface area (Å²) in [6.45, 7) is 1.90. The molecule has 0 bridgehead atoms. The molecule has 0 saturated heterocycles. The fourth-order valence-electron chi connectivity index (χ4n) is 1.62. The summed E-state index contributed by atoms with van der Waals surface area (Å²) in [5.41, 5.74) is 5.97. The summed E-state index contributed by atoms with van der Waals surface area (Å²) in [4.78, 5) is 11.0. The summed E-state index contributed by atoms with van der Waals surface area (Å²) in [6.07, 6.45) is 2.38. The SMILES string of the molecule is CC(CN)(CCCc1ccccc1)C(=O)O. The van der Waals surface area contributed by atoms with Crippen LogP contribution in [0.2, 0.25) is 0 Å². The van der Waals surface area contributed by atoms with Crippen LogP contribution >= 0.6 is 0 Å². The zero-order valence-corrected chi connectivity index (χ0v) is 9.65. The van der Waals surface area contributed by atoms with Gasteiger partial charge >= 0.3 is 5.97 Å². The van der Waals surface area contributed by atoms with Crippen LogP contribution in [0, 0.1) is 5.41 Å². The lowest BCUT2D eigenvalue weighted by molar-refractivity contribution is -0.147. The molecule has 0 radical (unpaired) electrons. The van der Waals surface area contributed by atoms with Gasteiger partial charge in [0.15, 0.2) is 0 Å². The van der Waals surface area contributed by atoms with Crippen molar-refractivity contribution >= 4 is 5.97 Å². The van der Waals surface area contributed by atoms with Crippen molar-refractivity contribution in [3.63, 3.8) is 0 Å². The van der Waals surface area contributed by atoms with E-state index in [2.05, 4.69) is 12.1 Å². The fourth-order valence-corrected chi connectivity index (χ4v) is 1.62. The minimum atomic E-state index is -0.803. The van der Waals surface area contributed by atoms with Crippen molar-refractivity contribution in [2.45, 2.75) is 26.2 Å². The van der Waals surface area contributed by atoms with Gasteiger partial charge in [-0.25, -0.2) is 0 Å². The van der Waals surface area contributed by atoms with Crippen LogP contribution in [0.5, 0.6) is 0 Å². The first-order chi connectivity index (χ1) is 7.58. The van der Waals surface area contributed by atoms with E-state index in [1.807, 2.05) is 18.2 Å². The maximum absolute atomic E-state index is 11.0.